The summed E-state index contributed by atoms with van der Waals surface area (Å²) in [5, 5.41) is 3.24. The van der Waals surface area contributed by atoms with Gasteiger partial charge in [-0.2, -0.15) is 11.8 Å². The summed E-state index contributed by atoms with van der Waals surface area (Å²) in [5.74, 6) is 3.36. The molecule has 2 unspecified atom stereocenters. The second-order valence-electron chi connectivity index (χ2n) is 3.94. The maximum atomic E-state index is 11.0. The first-order valence-corrected chi connectivity index (χ1v) is 8.17. The predicted octanol–water partition coefficient (Wildman–Crippen LogP) is 0.762. The highest BCUT2D eigenvalue weighted by Crippen LogP contribution is 2.27. The minimum atomic E-state index is -2.81. The van der Waals surface area contributed by atoms with Crippen molar-refractivity contribution < 1.29 is 8.42 Å². The van der Waals surface area contributed by atoms with Crippen LogP contribution in [0.3, 0.4) is 0 Å². The van der Waals surface area contributed by atoms with Gasteiger partial charge in [0.05, 0.1) is 5.75 Å². The van der Waals surface area contributed by atoms with Crippen molar-refractivity contribution in [1.82, 2.24) is 5.32 Å². The Bertz CT molecular complexity index is 258. The Balaban J connectivity index is 2.38. The minimum Gasteiger partial charge on any atom is -0.317 e. The molecule has 14 heavy (non-hydrogen) atoms. The highest BCUT2D eigenvalue weighted by Gasteiger charge is 2.24. The quantitative estimate of drug-likeness (QED) is 0.767. The molecular weight excluding hydrogens is 218 g/mol. The van der Waals surface area contributed by atoms with Crippen molar-refractivity contribution in [2.75, 3.05) is 30.6 Å². The lowest BCUT2D eigenvalue weighted by atomic mass is 9.97. The van der Waals surface area contributed by atoms with Crippen molar-refractivity contribution in [3.63, 3.8) is 0 Å². The molecule has 0 aromatic heterocycles. The highest BCUT2D eigenvalue weighted by atomic mass is 32.2. The topological polar surface area (TPSA) is 46.2 Å². The van der Waals surface area contributed by atoms with E-state index in [-0.39, 0.29) is 0 Å². The normalized spacial score (nSPS) is 25.1. The SMILES string of the molecule is CNC(CCS(C)(=O)=O)C1CCSC1. The fraction of sp³-hybridized carbons (Fsp3) is 1.00. The number of nitrogens with one attached hydrogen (secondary N) is 1. The molecule has 3 nitrogen and oxygen atoms in total. The molecule has 5 heteroatoms. The molecule has 0 saturated carbocycles. The van der Waals surface area contributed by atoms with Crippen LogP contribution in [-0.4, -0.2) is 45.0 Å². The lowest BCUT2D eigenvalue weighted by molar-refractivity contribution is 0.396. The van der Waals surface area contributed by atoms with Gasteiger partial charge in [0.15, 0.2) is 0 Å². The molecule has 0 aromatic rings. The summed E-state index contributed by atoms with van der Waals surface area (Å²) >= 11 is 1.97. The first-order chi connectivity index (χ1) is 6.53. The number of sulfone groups is 1. The van der Waals surface area contributed by atoms with Crippen LogP contribution < -0.4 is 5.32 Å². The van der Waals surface area contributed by atoms with E-state index in [1.54, 1.807) is 0 Å². The van der Waals surface area contributed by atoms with Crippen LogP contribution in [0.15, 0.2) is 0 Å². The molecule has 0 bridgehead atoms. The molecule has 1 heterocycles. The molecule has 0 aliphatic carbocycles. The number of hydrogen-bond acceptors (Lipinski definition) is 4. The number of thioether (sulfide) groups is 1. The Morgan fingerprint density at radius 1 is 1.57 bits per heavy atom. The summed E-state index contributed by atoms with van der Waals surface area (Å²) in [4.78, 5) is 0. The molecule has 84 valence electrons. The molecule has 0 amide bonds. The van der Waals surface area contributed by atoms with Crippen molar-refractivity contribution in [3.8, 4) is 0 Å². The molecule has 0 radical (unpaired) electrons. The van der Waals surface area contributed by atoms with E-state index < -0.39 is 9.84 Å². The molecule has 0 spiro atoms. The average Bonchev–Trinajstić information content (AvgIpc) is 2.56. The lowest BCUT2D eigenvalue weighted by Crippen LogP contribution is -2.35. The summed E-state index contributed by atoms with van der Waals surface area (Å²) in [6, 6.07) is 0.375. The molecular formula is C9H19NO2S2. The summed E-state index contributed by atoms with van der Waals surface area (Å²) < 4.78 is 22.1. The summed E-state index contributed by atoms with van der Waals surface area (Å²) in [5.41, 5.74) is 0. The third-order valence-electron chi connectivity index (χ3n) is 2.70. The first kappa shape index (κ1) is 12.3. The maximum Gasteiger partial charge on any atom is 0.147 e. The van der Waals surface area contributed by atoms with E-state index >= 15 is 0 Å². The van der Waals surface area contributed by atoms with E-state index in [4.69, 9.17) is 0 Å². The summed E-state index contributed by atoms with van der Waals surface area (Å²) in [7, 11) is -0.879. The Kier molecular flexibility index (Phi) is 4.73. The van der Waals surface area contributed by atoms with Crippen LogP contribution in [0.25, 0.3) is 0 Å². The van der Waals surface area contributed by atoms with Gasteiger partial charge in [-0.3, -0.25) is 0 Å². The Morgan fingerprint density at radius 2 is 2.29 bits per heavy atom. The van der Waals surface area contributed by atoms with E-state index in [9.17, 15) is 8.42 Å². The van der Waals surface area contributed by atoms with E-state index in [2.05, 4.69) is 5.32 Å². The molecule has 1 aliphatic rings. The predicted molar refractivity (Wildman–Crippen MR) is 62.6 cm³/mol. The fourth-order valence-corrected chi connectivity index (χ4v) is 3.85. The Labute approximate surface area is 91.0 Å². The van der Waals surface area contributed by atoms with Crippen LogP contribution in [0, 0.1) is 5.92 Å². The van der Waals surface area contributed by atoms with Gasteiger partial charge in [0, 0.05) is 12.3 Å². The molecule has 0 aromatic carbocycles. The van der Waals surface area contributed by atoms with E-state index in [1.807, 2.05) is 18.8 Å². The molecule has 1 aliphatic heterocycles. The lowest BCUT2D eigenvalue weighted by Gasteiger charge is -2.21. The van der Waals surface area contributed by atoms with Crippen LogP contribution >= 0.6 is 11.8 Å². The standard InChI is InChI=1S/C9H19NO2S2/c1-10-9(4-6-14(2,11)12)8-3-5-13-7-8/h8-10H,3-7H2,1-2H3. The van der Waals surface area contributed by atoms with Gasteiger partial charge in [-0.1, -0.05) is 0 Å². The highest BCUT2D eigenvalue weighted by molar-refractivity contribution is 7.99. The third-order valence-corrected chi connectivity index (χ3v) is 4.87. The van der Waals surface area contributed by atoms with Gasteiger partial charge in [-0.25, -0.2) is 8.42 Å². The zero-order chi connectivity index (χ0) is 10.6. The van der Waals surface area contributed by atoms with E-state index in [1.165, 1.54) is 24.2 Å². The zero-order valence-corrected chi connectivity index (χ0v) is 10.5. The third kappa shape index (κ3) is 4.19. The molecule has 1 saturated heterocycles. The average molecular weight is 237 g/mol. The Morgan fingerprint density at radius 3 is 2.71 bits per heavy atom. The van der Waals surface area contributed by atoms with Crippen molar-refractivity contribution in [1.29, 1.82) is 0 Å². The van der Waals surface area contributed by atoms with Crippen LogP contribution in [-0.2, 0) is 9.84 Å². The van der Waals surface area contributed by atoms with Gasteiger partial charge < -0.3 is 5.32 Å². The van der Waals surface area contributed by atoms with E-state index in [0.717, 1.165) is 6.42 Å². The largest absolute Gasteiger partial charge is 0.317 e. The van der Waals surface area contributed by atoms with Crippen LogP contribution in [0.4, 0.5) is 0 Å². The second-order valence-corrected chi connectivity index (χ2v) is 7.35. The first-order valence-electron chi connectivity index (χ1n) is 4.95. The molecule has 1 fully saturated rings. The molecule has 1 rings (SSSR count). The second kappa shape index (κ2) is 5.37. The van der Waals surface area contributed by atoms with Crippen molar-refractivity contribution in [2.24, 2.45) is 5.92 Å². The molecule has 2 atom stereocenters. The maximum absolute atomic E-state index is 11.0. The van der Waals surface area contributed by atoms with Gasteiger partial charge in [0.1, 0.15) is 9.84 Å². The zero-order valence-electron chi connectivity index (χ0n) is 8.82. The van der Waals surface area contributed by atoms with Gasteiger partial charge in [0.25, 0.3) is 0 Å². The van der Waals surface area contributed by atoms with Gasteiger partial charge in [-0.15, -0.1) is 0 Å². The van der Waals surface area contributed by atoms with Crippen molar-refractivity contribution in [2.45, 2.75) is 18.9 Å². The smallest absolute Gasteiger partial charge is 0.147 e. The number of rotatable bonds is 5. The van der Waals surface area contributed by atoms with Crippen molar-refractivity contribution >= 4 is 21.6 Å². The van der Waals surface area contributed by atoms with Crippen LogP contribution in [0.2, 0.25) is 0 Å². The van der Waals surface area contributed by atoms with E-state index in [0.29, 0.717) is 17.7 Å². The van der Waals surface area contributed by atoms with Gasteiger partial charge >= 0.3 is 0 Å². The summed E-state index contributed by atoms with van der Waals surface area (Å²) in [6.45, 7) is 0. The van der Waals surface area contributed by atoms with Crippen LogP contribution in [0.1, 0.15) is 12.8 Å². The Hall–Kier alpha value is 0.260. The monoisotopic (exact) mass is 237 g/mol. The summed E-state index contributed by atoms with van der Waals surface area (Å²) in [6.07, 6.45) is 3.28. The van der Waals surface area contributed by atoms with Crippen molar-refractivity contribution in [3.05, 3.63) is 0 Å². The van der Waals surface area contributed by atoms with Gasteiger partial charge in [0.2, 0.25) is 0 Å². The fourth-order valence-electron chi connectivity index (χ4n) is 1.83. The number of hydrogen-bond donors (Lipinski definition) is 1. The molecule has 1 N–H and O–H groups in total. The van der Waals surface area contributed by atoms with Gasteiger partial charge in [-0.05, 0) is 37.3 Å². The minimum absolute atomic E-state index is 0.305. The van der Waals surface area contributed by atoms with Crippen LogP contribution in [0.5, 0.6) is 0 Å².